The van der Waals surface area contributed by atoms with Crippen molar-refractivity contribution in [1.82, 2.24) is 4.98 Å². The van der Waals surface area contributed by atoms with Crippen molar-refractivity contribution in [3.63, 3.8) is 0 Å². The van der Waals surface area contributed by atoms with Crippen LogP contribution in [0.1, 0.15) is 11.3 Å². The molecule has 19 heavy (non-hydrogen) atoms. The maximum atomic E-state index is 5.74. The van der Waals surface area contributed by atoms with Crippen molar-refractivity contribution in [2.24, 2.45) is 5.73 Å². The van der Waals surface area contributed by atoms with Gasteiger partial charge in [-0.25, -0.2) is 0 Å². The van der Waals surface area contributed by atoms with Crippen molar-refractivity contribution in [2.75, 3.05) is 0 Å². The number of nitrogens with one attached hydrogen (secondary N) is 1. The minimum absolute atomic E-state index is 0.530. The molecule has 0 bridgehead atoms. The number of benzene rings is 2. The molecule has 2 aromatic carbocycles. The van der Waals surface area contributed by atoms with Crippen LogP contribution in [0.25, 0.3) is 10.9 Å². The van der Waals surface area contributed by atoms with Crippen LogP contribution < -0.4 is 10.5 Å². The topological polar surface area (TPSA) is 51.0 Å². The fraction of sp³-hybridized carbons (Fsp3) is 0.125. The molecule has 1 heterocycles. The van der Waals surface area contributed by atoms with E-state index in [-0.39, 0.29) is 0 Å². The first kappa shape index (κ1) is 11.8. The number of H-pyrrole nitrogens is 1. The van der Waals surface area contributed by atoms with Crippen molar-refractivity contribution in [3.05, 3.63) is 65.9 Å². The minimum atomic E-state index is 0.530. The summed E-state index contributed by atoms with van der Waals surface area (Å²) >= 11 is 0. The third-order valence-electron chi connectivity index (χ3n) is 3.16. The normalized spacial score (nSPS) is 10.8. The summed E-state index contributed by atoms with van der Waals surface area (Å²) in [5.41, 5.74) is 9.03. The van der Waals surface area contributed by atoms with E-state index in [0.29, 0.717) is 13.2 Å². The van der Waals surface area contributed by atoms with Crippen LogP contribution in [-0.4, -0.2) is 4.98 Å². The van der Waals surface area contributed by atoms with Crippen molar-refractivity contribution >= 4 is 10.9 Å². The lowest BCUT2D eigenvalue weighted by Gasteiger charge is -2.03. The Morgan fingerprint density at radius 3 is 2.63 bits per heavy atom. The standard InChI is InChI=1S/C16H16N2O/c17-10-13-6-4-5-12-9-14(18-16(12)13)11-19-15-7-2-1-3-8-15/h1-9,18H,10-11,17H2. The van der Waals surface area contributed by atoms with Crippen LogP contribution >= 0.6 is 0 Å². The van der Waals surface area contributed by atoms with Gasteiger partial charge in [0, 0.05) is 11.9 Å². The number of aromatic nitrogens is 1. The van der Waals surface area contributed by atoms with Crippen LogP contribution in [0.15, 0.2) is 54.6 Å². The Kier molecular flexibility index (Phi) is 3.21. The lowest BCUT2D eigenvalue weighted by molar-refractivity contribution is 0.302. The second kappa shape index (κ2) is 5.16. The molecule has 0 aliphatic carbocycles. The van der Waals surface area contributed by atoms with Crippen molar-refractivity contribution < 1.29 is 4.74 Å². The minimum Gasteiger partial charge on any atom is -0.487 e. The van der Waals surface area contributed by atoms with E-state index >= 15 is 0 Å². The Labute approximate surface area is 112 Å². The summed E-state index contributed by atoms with van der Waals surface area (Å²) < 4.78 is 5.73. The Morgan fingerprint density at radius 2 is 1.84 bits per heavy atom. The SMILES string of the molecule is NCc1cccc2cc(COc3ccccc3)[nH]c12. The van der Waals surface area contributed by atoms with Gasteiger partial charge >= 0.3 is 0 Å². The van der Waals surface area contributed by atoms with Crippen molar-refractivity contribution in [1.29, 1.82) is 0 Å². The Balaban J connectivity index is 1.82. The zero-order valence-electron chi connectivity index (χ0n) is 10.6. The molecule has 1 aromatic heterocycles. The van der Waals surface area contributed by atoms with E-state index in [9.17, 15) is 0 Å². The molecule has 0 amide bonds. The van der Waals surface area contributed by atoms with Crippen LogP contribution in [0, 0.1) is 0 Å². The molecule has 0 aliphatic rings. The van der Waals surface area contributed by atoms with Crippen LogP contribution in [0.2, 0.25) is 0 Å². The zero-order chi connectivity index (χ0) is 13.1. The van der Waals surface area contributed by atoms with Gasteiger partial charge in [0.15, 0.2) is 0 Å². The van der Waals surface area contributed by atoms with Crippen molar-refractivity contribution in [3.8, 4) is 5.75 Å². The molecule has 0 fully saturated rings. The molecule has 0 unspecified atom stereocenters. The van der Waals surface area contributed by atoms with E-state index in [2.05, 4.69) is 17.1 Å². The predicted molar refractivity (Wildman–Crippen MR) is 77.0 cm³/mol. The average Bonchev–Trinajstić information content (AvgIpc) is 2.89. The molecule has 0 saturated carbocycles. The fourth-order valence-corrected chi connectivity index (χ4v) is 2.20. The lowest BCUT2D eigenvalue weighted by atomic mass is 10.1. The van der Waals surface area contributed by atoms with E-state index in [4.69, 9.17) is 10.5 Å². The first-order valence-corrected chi connectivity index (χ1v) is 6.34. The number of hydrogen-bond donors (Lipinski definition) is 2. The fourth-order valence-electron chi connectivity index (χ4n) is 2.20. The van der Waals surface area contributed by atoms with E-state index in [1.54, 1.807) is 0 Å². The van der Waals surface area contributed by atoms with Gasteiger partial charge in [0.05, 0.1) is 11.2 Å². The smallest absolute Gasteiger partial charge is 0.128 e. The van der Waals surface area contributed by atoms with Crippen LogP contribution in [0.4, 0.5) is 0 Å². The Morgan fingerprint density at radius 1 is 1.00 bits per heavy atom. The van der Waals surface area contributed by atoms with Gasteiger partial charge in [0.1, 0.15) is 12.4 Å². The highest BCUT2D eigenvalue weighted by atomic mass is 16.5. The van der Waals surface area contributed by atoms with E-state index in [1.165, 1.54) is 5.39 Å². The Hall–Kier alpha value is -2.26. The van der Waals surface area contributed by atoms with Crippen LogP contribution in [-0.2, 0) is 13.2 Å². The number of fused-ring (bicyclic) bond motifs is 1. The third kappa shape index (κ3) is 2.46. The maximum absolute atomic E-state index is 5.74. The molecule has 0 atom stereocenters. The number of nitrogens with two attached hydrogens (primary N) is 1. The highest BCUT2D eigenvalue weighted by Crippen LogP contribution is 2.20. The quantitative estimate of drug-likeness (QED) is 0.749. The van der Waals surface area contributed by atoms with Crippen LogP contribution in [0.5, 0.6) is 5.75 Å². The highest BCUT2D eigenvalue weighted by molar-refractivity contribution is 5.83. The molecule has 3 aromatic rings. The first-order valence-electron chi connectivity index (χ1n) is 6.34. The molecule has 0 spiro atoms. The molecule has 3 nitrogen and oxygen atoms in total. The third-order valence-corrected chi connectivity index (χ3v) is 3.16. The molecule has 3 rings (SSSR count). The molecular weight excluding hydrogens is 236 g/mol. The van der Waals surface area contributed by atoms with Gasteiger partial charge in [-0.3, -0.25) is 0 Å². The summed E-state index contributed by atoms with van der Waals surface area (Å²) in [6, 6.07) is 18.1. The van der Waals surface area contributed by atoms with Gasteiger partial charge < -0.3 is 15.5 Å². The summed E-state index contributed by atoms with van der Waals surface area (Å²) in [7, 11) is 0. The van der Waals surface area contributed by atoms with E-state index < -0.39 is 0 Å². The largest absolute Gasteiger partial charge is 0.487 e. The van der Waals surface area contributed by atoms with E-state index in [1.807, 2.05) is 42.5 Å². The molecule has 3 heteroatoms. The summed E-state index contributed by atoms with van der Waals surface area (Å²) in [5.74, 6) is 0.875. The number of rotatable bonds is 4. The second-order valence-corrected chi connectivity index (χ2v) is 4.48. The number of para-hydroxylation sites is 2. The summed E-state index contributed by atoms with van der Waals surface area (Å²) in [6.07, 6.45) is 0. The summed E-state index contributed by atoms with van der Waals surface area (Å²) in [5, 5.41) is 1.18. The molecule has 0 saturated heterocycles. The van der Waals surface area contributed by atoms with Gasteiger partial charge in [-0.2, -0.15) is 0 Å². The maximum Gasteiger partial charge on any atom is 0.128 e. The van der Waals surface area contributed by atoms with Gasteiger partial charge in [-0.05, 0) is 23.8 Å². The van der Waals surface area contributed by atoms with Crippen LogP contribution in [0.3, 0.4) is 0 Å². The second-order valence-electron chi connectivity index (χ2n) is 4.48. The predicted octanol–water partition coefficient (Wildman–Crippen LogP) is 3.21. The van der Waals surface area contributed by atoms with Crippen molar-refractivity contribution in [2.45, 2.75) is 13.2 Å². The monoisotopic (exact) mass is 252 g/mol. The summed E-state index contributed by atoms with van der Waals surface area (Å²) in [4.78, 5) is 3.38. The lowest BCUT2D eigenvalue weighted by Crippen LogP contribution is -1.97. The number of hydrogen-bond acceptors (Lipinski definition) is 2. The zero-order valence-corrected chi connectivity index (χ0v) is 10.6. The Bertz CT molecular complexity index is 674. The van der Waals surface area contributed by atoms with E-state index in [0.717, 1.165) is 22.5 Å². The molecule has 0 radical (unpaired) electrons. The average molecular weight is 252 g/mol. The van der Waals surface area contributed by atoms with Gasteiger partial charge in [-0.1, -0.05) is 36.4 Å². The first-order chi connectivity index (χ1) is 9.36. The van der Waals surface area contributed by atoms with Gasteiger partial charge in [-0.15, -0.1) is 0 Å². The van der Waals surface area contributed by atoms with Gasteiger partial charge in [0.2, 0.25) is 0 Å². The number of aromatic amines is 1. The molecule has 3 N–H and O–H groups in total. The summed E-state index contributed by atoms with van der Waals surface area (Å²) in [6.45, 7) is 1.07. The van der Waals surface area contributed by atoms with Gasteiger partial charge in [0.25, 0.3) is 0 Å². The number of ether oxygens (including phenoxy) is 1. The molecule has 0 aliphatic heterocycles. The molecular formula is C16H16N2O. The highest BCUT2D eigenvalue weighted by Gasteiger charge is 2.04. The molecule has 96 valence electrons.